The summed E-state index contributed by atoms with van der Waals surface area (Å²) >= 11 is 5.64. The van der Waals surface area contributed by atoms with E-state index >= 15 is 0 Å². The molecule has 1 saturated carbocycles. The van der Waals surface area contributed by atoms with Crippen molar-refractivity contribution in [2.45, 2.75) is 36.7 Å². The van der Waals surface area contributed by atoms with Gasteiger partial charge >= 0.3 is 5.97 Å². The van der Waals surface area contributed by atoms with E-state index in [9.17, 15) is 17.6 Å². The first kappa shape index (κ1) is 16.2. The van der Waals surface area contributed by atoms with Crippen molar-refractivity contribution in [3.63, 3.8) is 0 Å². The van der Waals surface area contributed by atoms with E-state index in [0.717, 1.165) is 25.0 Å². The van der Waals surface area contributed by atoms with Gasteiger partial charge in [-0.05, 0) is 25.0 Å². The molecule has 2 rings (SSSR count). The second-order valence-electron chi connectivity index (χ2n) is 4.68. The summed E-state index contributed by atoms with van der Waals surface area (Å²) in [5.74, 6) is -2.99. The molecule has 0 unspecified atom stereocenters. The Morgan fingerprint density at radius 3 is 2.57 bits per heavy atom. The van der Waals surface area contributed by atoms with Gasteiger partial charge in [-0.3, -0.25) is 4.84 Å². The van der Waals surface area contributed by atoms with Gasteiger partial charge in [-0.15, -0.1) is 0 Å². The molecular weight excluding hydrogens is 325 g/mol. The van der Waals surface area contributed by atoms with Crippen molar-refractivity contribution in [2.75, 3.05) is 0 Å². The third kappa shape index (κ3) is 3.70. The van der Waals surface area contributed by atoms with Crippen LogP contribution in [0, 0.1) is 5.82 Å². The van der Waals surface area contributed by atoms with Crippen molar-refractivity contribution in [2.24, 2.45) is 0 Å². The van der Waals surface area contributed by atoms with Gasteiger partial charge in [0.05, 0.1) is 11.7 Å². The summed E-state index contributed by atoms with van der Waals surface area (Å²) in [6.07, 6.45) is 3.02. The summed E-state index contributed by atoms with van der Waals surface area (Å²) in [6, 6.07) is 1.68. The first-order chi connectivity index (χ1) is 9.81. The quantitative estimate of drug-likeness (QED) is 0.804. The zero-order valence-electron chi connectivity index (χ0n) is 10.8. The molecule has 1 aromatic carbocycles. The maximum Gasteiger partial charge on any atom is 0.338 e. The molecule has 0 amide bonds. The molecule has 0 aromatic heterocycles. The lowest BCUT2D eigenvalue weighted by Crippen LogP contribution is -2.29. The van der Waals surface area contributed by atoms with Crippen LogP contribution in [0.25, 0.3) is 0 Å². The van der Waals surface area contributed by atoms with E-state index in [1.54, 1.807) is 0 Å². The number of benzene rings is 1. The highest BCUT2D eigenvalue weighted by Gasteiger charge is 2.27. The SMILES string of the molecule is O=C(O)c1cc(Cl)cc(S(=O)(=O)NOC2CCCC2)c1F. The van der Waals surface area contributed by atoms with Crippen LogP contribution in [0.4, 0.5) is 4.39 Å². The molecule has 0 atom stereocenters. The summed E-state index contributed by atoms with van der Waals surface area (Å²) in [5, 5.41) is 8.64. The molecule has 6 nitrogen and oxygen atoms in total. The van der Waals surface area contributed by atoms with E-state index in [1.165, 1.54) is 0 Å². The molecule has 1 aliphatic rings. The van der Waals surface area contributed by atoms with Crippen LogP contribution in [0.1, 0.15) is 36.0 Å². The molecule has 1 fully saturated rings. The second kappa shape index (κ2) is 6.27. The number of carboxylic acid groups (broad SMARTS) is 1. The van der Waals surface area contributed by atoms with Crippen LogP contribution in [-0.4, -0.2) is 25.6 Å². The third-order valence-corrected chi connectivity index (χ3v) is 4.56. The van der Waals surface area contributed by atoms with Crippen LogP contribution in [0.2, 0.25) is 5.02 Å². The fourth-order valence-electron chi connectivity index (χ4n) is 2.10. The largest absolute Gasteiger partial charge is 0.478 e. The van der Waals surface area contributed by atoms with Crippen LogP contribution >= 0.6 is 11.6 Å². The van der Waals surface area contributed by atoms with Gasteiger partial charge in [0.25, 0.3) is 10.0 Å². The standard InChI is InChI=1S/C12H13ClFNO5S/c13-7-5-9(12(16)17)11(14)10(6-7)21(18,19)15-20-8-3-1-2-4-8/h5-6,8,15H,1-4H2,(H,16,17). The van der Waals surface area contributed by atoms with Gasteiger partial charge in [0, 0.05) is 5.02 Å². The van der Waals surface area contributed by atoms with E-state index in [4.69, 9.17) is 21.5 Å². The van der Waals surface area contributed by atoms with Gasteiger partial charge in [-0.2, -0.15) is 0 Å². The number of carboxylic acids is 1. The van der Waals surface area contributed by atoms with Crippen LogP contribution in [-0.2, 0) is 14.9 Å². The van der Waals surface area contributed by atoms with Gasteiger partial charge < -0.3 is 5.11 Å². The molecule has 1 aromatic rings. The molecule has 1 aliphatic carbocycles. The van der Waals surface area contributed by atoms with Crippen molar-refractivity contribution < 1.29 is 27.5 Å². The van der Waals surface area contributed by atoms with Crippen molar-refractivity contribution in [3.8, 4) is 0 Å². The molecule has 21 heavy (non-hydrogen) atoms. The average molecular weight is 338 g/mol. The summed E-state index contributed by atoms with van der Waals surface area (Å²) < 4.78 is 38.0. The van der Waals surface area contributed by atoms with Gasteiger partial charge in [0.1, 0.15) is 4.90 Å². The second-order valence-corrected chi connectivity index (χ2v) is 6.73. The first-order valence-electron chi connectivity index (χ1n) is 6.21. The molecule has 0 saturated heterocycles. The van der Waals surface area contributed by atoms with Crippen molar-refractivity contribution in [1.29, 1.82) is 0 Å². The highest BCUT2D eigenvalue weighted by atomic mass is 35.5. The number of nitrogens with one attached hydrogen (secondary N) is 1. The Balaban J connectivity index is 2.28. The monoisotopic (exact) mass is 337 g/mol. The minimum atomic E-state index is -4.35. The van der Waals surface area contributed by atoms with Gasteiger partial charge in [0.15, 0.2) is 5.82 Å². The molecule has 0 spiro atoms. The van der Waals surface area contributed by atoms with Crippen LogP contribution in [0.5, 0.6) is 0 Å². The molecular formula is C12H13ClFNO5S. The number of hydrogen-bond donors (Lipinski definition) is 2. The van der Waals surface area contributed by atoms with Crippen LogP contribution < -0.4 is 4.89 Å². The van der Waals surface area contributed by atoms with E-state index in [-0.39, 0.29) is 11.1 Å². The van der Waals surface area contributed by atoms with Crippen molar-refractivity contribution in [3.05, 3.63) is 28.5 Å². The molecule has 0 heterocycles. The molecule has 2 N–H and O–H groups in total. The third-order valence-electron chi connectivity index (χ3n) is 3.15. The summed E-state index contributed by atoms with van der Waals surface area (Å²) in [5.41, 5.74) is -0.816. The van der Waals surface area contributed by atoms with Crippen LogP contribution in [0.3, 0.4) is 0 Å². The highest BCUT2D eigenvalue weighted by Crippen LogP contribution is 2.25. The number of carbonyl (C=O) groups is 1. The smallest absolute Gasteiger partial charge is 0.338 e. The number of halogens is 2. The Labute approximate surface area is 125 Å². The number of aromatic carboxylic acids is 1. The molecule has 0 bridgehead atoms. The lowest BCUT2D eigenvalue weighted by atomic mass is 10.2. The Bertz CT molecular complexity index is 658. The zero-order valence-corrected chi connectivity index (χ0v) is 12.4. The Kier molecular flexibility index (Phi) is 4.82. The lowest BCUT2D eigenvalue weighted by Gasteiger charge is -2.13. The van der Waals surface area contributed by atoms with E-state index in [0.29, 0.717) is 12.8 Å². The fraction of sp³-hybridized carbons (Fsp3) is 0.417. The molecule has 116 valence electrons. The van der Waals surface area contributed by atoms with E-state index in [2.05, 4.69) is 0 Å². The van der Waals surface area contributed by atoms with Gasteiger partial charge in [-0.25, -0.2) is 17.6 Å². The normalized spacial score (nSPS) is 16.3. The van der Waals surface area contributed by atoms with Crippen molar-refractivity contribution >= 4 is 27.6 Å². The van der Waals surface area contributed by atoms with Gasteiger partial charge in [0.2, 0.25) is 0 Å². The van der Waals surface area contributed by atoms with E-state index in [1.807, 2.05) is 4.89 Å². The predicted octanol–water partition coefficient (Wildman–Crippen LogP) is 2.33. The first-order valence-corrected chi connectivity index (χ1v) is 8.07. The number of hydrogen-bond acceptors (Lipinski definition) is 4. The maximum absolute atomic E-state index is 14.0. The predicted molar refractivity (Wildman–Crippen MR) is 72.0 cm³/mol. The Hall–Kier alpha value is -1.22. The molecule has 9 heteroatoms. The zero-order chi connectivity index (χ0) is 15.6. The average Bonchev–Trinajstić information content (AvgIpc) is 2.91. The Morgan fingerprint density at radius 1 is 1.38 bits per heavy atom. The highest BCUT2D eigenvalue weighted by molar-refractivity contribution is 7.89. The Morgan fingerprint density at radius 2 is 2.00 bits per heavy atom. The fourth-order valence-corrected chi connectivity index (χ4v) is 3.36. The van der Waals surface area contributed by atoms with Crippen molar-refractivity contribution in [1.82, 2.24) is 4.89 Å². The van der Waals surface area contributed by atoms with E-state index < -0.39 is 32.3 Å². The minimum Gasteiger partial charge on any atom is -0.478 e. The van der Waals surface area contributed by atoms with Crippen LogP contribution in [0.15, 0.2) is 17.0 Å². The minimum absolute atomic E-state index is 0.199. The lowest BCUT2D eigenvalue weighted by molar-refractivity contribution is 0.0222. The molecule has 0 aliphatic heterocycles. The molecule has 0 radical (unpaired) electrons. The number of sulfonamides is 1. The summed E-state index contributed by atoms with van der Waals surface area (Å²) in [6.45, 7) is 0. The maximum atomic E-state index is 14.0. The van der Waals surface area contributed by atoms with Gasteiger partial charge in [-0.1, -0.05) is 29.3 Å². The summed E-state index contributed by atoms with van der Waals surface area (Å²) in [4.78, 5) is 16.9. The topological polar surface area (TPSA) is 92.7 Å². The summed E-state index contributed by atoms with van der Waals surface area (Å²) in [7, 11) is -4.35. The number of rotatable bonds is 5.